The number of hydrogen-bond acceptors (Lipinski definition) is 6. The van der Waals surface area contributed by atoms with Crippen LogP contribution in [0.4, 0.5) is 0 Å². The van der Waals surface area contributed by atoms with Crippen LogP contribution in [0.5, 0.6) is 5.75 Å². The van der Waals surface area contributed by atoms with Crippen molar-refractivity contribution in [1.29, 1.82) is 0 Å². The first-order valence-corrected chi connectivity index (χ1v) is 12.0. The molecule has 0 aliphatic heterocycles. The SMILES string of the molecule is C[C@H](O)c1nccn1[C@@H](C#Cc1ccc(-c2ccc(OC3(C)CC(n4ccnn4)C3)cc2)cc1)CO. The lowest BCUT2D eigenvalue weighted by atomic mass is 9.77. The third-order valence-electron chi connectivity index (χ3n) is 6.55. The van der Waals surface area contributed by atoms with E-state index < -0.39 is 12.1 Å². The Kier molecular flexibility index (Phi) is 6.59. The first-order chi connectivity index (χ1) is 17.4. The molecule has 184 valence electrons. The molecule has 0 bridgehead atoms. The molecule has 1 aliphatic rings. The van der Waals surface area contributed by atoms with Gasteiger partial charge in [0.15, 0.2) is 0 Å². The Balaban J connectivity index is 1.22. The van der Waals surface area contributed by atoms with Gasteiger partial charge in [0, 0.05) is 37.0 Å². The van der Waals surface area contributed by atoms with E-state index in [4.69, 9.17) is 4.74 Å². The summed E-state index contributed by atoms with van der Waals surface area (Å²) in [5.74, 6) is 7.53. The molecule has 2 heterocycles. The van der Waals surface area contributed by atoms with E-state index in [0.29, 0.717) is 11.9 Å². The van der Waals surface area contributed by atoms with E-state index in [2.05, 4.69) is 46.2 Å². The third-order valence-corrected chi connectivity index (χ3v) is 6.55. The summed E-state index contributed by atoms with van der Waals surface area (Å²) in [6.45, 7) is 3.60. The van der Waals surface area contributed by atoms with E-state index in [0.717, 1.165) is 35.3 Å². The summed E-state index contributed by atoms with van der Waals surface area (Å²) in [7, 11) is 0. The number of nitrogens with zero attached hydrogens (tertiary/aromatic N) is 5. The van der Waals surface area contributed by atoms with Gasteiger partial charge in [-0.3, -0.25) is 0 Å². The molecule has 8 heteroatoms. The summed E-state index contributed by atoms with van der Waals surface area (Å²) in [5, 5.41) is 27.6. The number of aromatic nitrogens is 5. The van der Waals surface area contributed by atoms with E-state index in [1.165, 1.54) is 0 Å². The first-order valence-electron chi connectivity index (χ1n) is 12.0. The Morgan fingerprint density at radius 3 is 2.36 bits per heavy atom. The van der Waals surface area contributed by atoms with Crippen LogP contribution in [-0.2, 0) is 0 Å². The largest absolute Gasteiger partial charge is 0.487 e. The molecule has 0 spiro atoms. The van der Waals surface area contributed by atoms with Gasteiger partial charge in [-0.1, -0.05) is 41.3 Å². The van der Waals surface area contributed by atoms with Gasteiger partial charge in [-0.15, -0.1) is 5.10 Å². The lowest BCUT2D eigenvalue weighted by Gasteiger charge is -2.44. The van der Waals surface area contributed by atoms with Crippen molar-refractivity contribution in [3.05, 3.63) is 84.7 Å². The Morgan fingerprint density at radius 1 is 1.06 bits per heavy atom. The molecular weight excluding hydrogens is 454 g/mol. The fourth-order valence-electron chi connectivity index (χ4n) is 4.65. The second-order valence-electron chi connectivity index (χ2n) is 9.44. The third kappa shape index (κ3) is 5.03. The van der Waals surface area contributed by atoms with Gasteiger partial charge in [0.05, 0.1) is 18.8 Å². The zero-order valence-corrected chi connectivity index (χ0v) is 20.3. The molecule has 0 amide bonds. The smallest absolute Gasteiger partial charge is 0.138 e. The highest BCUT2D eigenvalue weighted by molar-refractivity contribution is 5.65. The number of imidazole rings is 1. The Bertz CT molecular complexity index is 1340. The maximum atomic E-state index is 9.87. The zero-order chi connectivity index (χ0) is 25.1. The number of hydrogen-bond donors (Lipinski definition) is 2. The predicted octanol–water partition coefficient (Wildman–Crippen LogP) is 3.95. The van der Waals surface area contributed by atoms with Gasteiger partial charge in [-0.05, 0) is 49.2 Å². The molecule has 0 saturated heterocycles. The van der Waals surface area contributed by atoms with Crippen molar-refractivity contribution in [2.24, 2.45) is 0 Å². The normalized spacial score (nSPS) is 20.6. The second kappa shape index (κ2) is 9.97. The summed E-state index contributed by atoms with van der Waals surface area (Å²) >= 11 is 0. The zero-order valence-electron chi connectivity index (χ0n) is 20.3. The maximum Gasteiger partial charge on any atom is 0.138 e. The van der Waals surface area contributed by atoms with Gasteiger partial charge in [0.2, 0.25) is 0 Å². The Morgan fingerprint density at radius 2 is 1.75 bits per heavy atom. The summed E-state index contributed by atoms with van der Waals surface area (Å²) in [4.78, 5) is 4.15. The summed E-state index contributed by atoms with van der Waals surface area (Å²) < 4.78 is 9.87. The number of benzene rings is 2. The van der Waals surface area contributed by atoms with Crippen molar-refractivity contribution in [2.75, 3.05) is 6.61 Å². The topological polar surface area (TPSA) is 98.2 Å². The van der Waals surface area contributed by atoms with Gasteiger partial charge in [0.1, 0.15) is 29.3 Å². The van der Waals surface area contributed by atoms with E-state index in [1.54, 1.807) is 30.1 Å². The van der Waals surface area contributed by atoms with Crippen molar-refractivity contribution in [1.82, 2.24) is 24.5 Å². The summed E-state index contributed by atoms with van der Waals surface area (Å²) in [6, 6.07) is 16.0. The molecule has 36 heavy (non-hydrogen) atoms. The minimum atomic E-state index is -0.736. The highest BCUT2D eigenvalue weighted by Gasteiger charge is 2.44. The van der Waals surface area contributed by atoms with E-state index >= 15 is 0 Å². The molecule has 5 rings (SSSR count). The van der Waals surface area contributed by atoms with Gasteiger partial charge in [-0.25, -0.2) is 9.67 Å². The number of aliphatic hydroxyl groups excluding tert-OH is 2. The maximum absolute atomic E-state index is 9.87. The molecule has 2 aromatic carbocycles. The minimum Gasteiger partial charge on any atom is -0.487 e. The van der Waals surface area contributed by atoms with Gasteiger partial charge < -0.3 is 19.5 Å². The fraction of sp³-hybridized carbons (Fsp3) is 0.321. The molecule has 0 unspecified atom stereocenters. The number of aliphatic hydroxyl groups is 2. The van der Waals surface area contributed by atoms with Crippen LogP contribution in [0.1, 0.15) is 56.3 Å². The second-order valence-corrected chi connectivity index (χ2v) is 9.44. The van der Waals surface area contributed by atoms with Crippen molar-refractivity contribution >= 4 is 0 Å². The molecule has 2 aromatic heterocycles. The summed E-state index contributed by atoms with van der Waals surface area (Å²) in [5.41, 5.74) is 2.82. The van der Waals surface area contributed by atoms with Crippen LogP contribution in [0.3, 0.4) is 0 Å². The molecular formula is C28H29N5O3. The highest BCUT2D eigenvalue weighted by atomic mass is 16.5. The van der Waals surface area contributed by atoms with E-state index in [1.807, 2.05) is 47.3 Å². The molecule has 8 nitrogen and oxygen atoms in total. The van der Waals surface area contributed by atoms with Crippen LogP contribution < -0.4 is 4.74 Å². The average molecular weight is 484 g/mol. The average Bonchev–Trinajstić information content (AvgIpc) is 3.57. The lowest BCUT2D eigenvalue weighted by molar-refractivity contribution is -0.0319. The highest BCUT2D eigenvalue weighted by Crippen LogP contribution is 2.43. The van der Waals surface area contributed by atoms with Crippen LogP contribution >= 0.6 is 0 Å². The lowest BCUT2D eigenvalue weighted by Crippen LogP contribution is -2.47. The first kappa shape index (κ1) is 23.8. The van der Waals surface area contributed by atoms with Crippen LogP contribution in [0, 0.1) is 11.8 Å². The standard InChI is InChI=1S/C28H29N5O3/c1-20(35)27-29-13-15-32(27)24(19-34)10-5-21-3-6-22(7-4-21)23-8-11-26(12-9-23)36-28(2)17-25(18-28)33-16-14-30-31-33/h3-4,6-9,11-16,20,24-25,34-35H,17-19H2,1-2H3/t20-,24-,25?,28?/m0/s1. The number of rotatable bonds is 7. The fourth-order valence-corrected chi connectivity index (χ4v) is 4.65. The molecule has 1 aliphatic carbocycles. The van der Waals surface area contributed by atoms with E-state index in [9.17, 15) is 10.2 Å². The Labute approximate surface area is 210 Å². The van der Waals surface area contributed by atoms with Gasteiger partial charge in [-0.2, -0.15) is 0 Å². The summed E-state index contributed by atoms with van der Waals surface area (Å²) in [6.07, 6.45) is 7.98. The molecule has 1 saturated carbocycles. The predicted molar refractivity (Wildman–Crippen MR) is 135 cm³/mol. The van der Waals surface area contributed by atoms with Crippen molar-refractivity contribution in [2.45, 2.75) is 50.5 Å². The monoisotopic (exact) mass is 483 g/mol. The van der Waals surface area contributed by atoms with E-state index in [-0.39, 0.29) is 12.2 Å². The van der Waals surface area contributed by atoms with Crippen molar-refractivity contribution in [3.8, 4) is 28.7 Å². The molecule has 1 fully saturated rings. The number of ether oxygens (including phenoxy) is 1. The van der Waals surface area contributed by atoms with Gasteiger partial charge >= 0.3 is 0 Å². The van der Waals surface area contributed by atoms with Crippen molar-refractivity contribution < 1.29 is 14.9 Å². The minimum absolute atomic E-state index is 0.171. The molecule has 4 aromatic rings. The van der Waals surface area contributed by atoms with Crippen LogP contribution in [0.2, 0.25) is 0 Å². The van der Waals surface area contributed by atoms with Crippen LogP contribution in [0.15, 0.2) is 73.3 Å². The Hall–Kier alpha value is -3.93. The molecule has 2 N–H and O–H groups in total. The molecule has 2 atom stereocenters. The van der Waals surface area contributed by atoms with Gasteiger partial charge in [0.25, 0.3) is 0 Å². The van der Waals surface area contributed by atoms with Crippen LogP contribution in [0.25, 0.3) is 11.1 Å². The quantitative estimate of drug-likeness (QED) is 0.386. The van der Waals surface area contributed by atoms with Crippen molar-refractivity contribution in [3.63, 3.8) is 0 Å². The van der Waals surface area contributed by atoms with Crippen LogP contribution in [-0.4, -0.2) is 47.0 Å². The molecule has 0 radical (unpaired) electrons.